The molecule has 0 amide bonds. The number of H-pyrrole nitrogens is 1. The van der Waals surface area contributed by atoms with Crippen molar-refractivity contribution in [2.24, 2.45) is 0 Å². The molecule has 0 aliphatic rings. The Hall–Kier alpha value is -1.97. The Morgan fingerprint density at radius 3 is 2.93 bits per heavy atom. The Balaban J connectivity index is 2.13. The Bertz CT molecular complexity index is 428. The van der Waals surface area contributed by atoms with E-state index in [1.54, 1.807) is 31.3 Å². The van der Waals surface area contributed by atoms with Crippen molar-refractivity contribution in [3.63, 3.8) is 0 Å². The molecular formula is C10H9NO3. The van der Waals surface area contributed by atoms with E-state index in [0.717, 1.165) is 0 Å². The molecule has 0 spiro atoms. The number of rotatable bonds is 2. The standard InChI is InChI=1S/C10H9NO3/c1-7-9(4-6-13-7)14-10(12)8-3-2-5-11-8/h2-6,11H,1H3. The van der Waals surface area contributed by atoms with E-state index < -0.39 is 5.97 Å². The fourth-order valence-corrected chi connectivity index (χ4v) is 1.09. The van der Waals surface area contributed by atoms with Gasteiger partial charge in [-0.3, -0.25) is 0 Å². The average Bonchev–Trinajstić information content (AvgIpc) is 2.77. The van der Waals surface area contributed by atoms with Gasteiger partial charge in [0.05, 0.1) is 6.26 Å². The largest absolute Gasteiger partial charge is 0.466 e. The summed E-state index contributed by atoms with van der Waals surface area (Å²) in [5, 5.41) is 0. The van der Waals surface area contributed by atoms with Crippen molar-refractivity contribution in [2.75, 3.05) is 0 Å². The highest BCUT2D eigenvalue weighted by Crippen LogP contribution is 2.18. The van der Waals surface area contributed by atoms with Crippen molar-refractivity contribution in [1.29, 1.82) is 0 Å². The van der Waals surface area contributed by atoms with E-state index >= 15 is 0 Å². The van der Waals surface area contributed by atoms with Crippen LogP contribution in [-0.4, -0.2) is 11.0 Å². The van der Waals surface area contributed by atoms with Crippen molar-refractivity contribution in [3.8, 4) is 5.75 Å². The summed E-state index contributed by atoms with van der Waals surface area (Å²) in [5.74, 6) is 0.619. The molecule has 0 aliphatic heterocycles. The fourth-order valence-electron chi connectivity index (χ4n) is 1.09. The van der Waals surface area contributed by atoms with Gasteiger partial charge in [-0.05, 0) is 19.1 Å². The molecule has 2 aromatic rings. The van der Waals surface area contributed by atoms with E-state index in [9.17, 15) is 4.79 Å². The fraction of sp³-hybridized carbons (Fsp3) is 0.100. The minimum atomic E-state index is -0.417. The summed E-state index contributed by atoms with van der Waals surface area (Å²) in [5.41, 5.74) is 0.422. The molecule has 0 aliphatic carbocycles. The van der Waals surface area contributed by atoms with Crippen LogP contribution in [0.4, 0.5) is 0 Å². The number of carbonyl (C=O) groups is 1. The lowest BCUT2D eigenvalue weighted by Gasteiger charge is -1.99. The van der Waals surface area contributed by atoms with E-state index in [1.807, 2.05) is 0 Å². The molecule has 0 fully saturated rings. The van der Waals surface area contributed by atoms with Crippen LogP contribution in [-0.2, 0) is 0 Å². The molecule has 1 N–H and O–H groups in total. The zero-order valence-corrected chi connectivity index (χ0v) is 7.61. The lowest BCUT2D eigenvalue weighted by atomic mass is 10.4. The van der Waals surface area contributed by atoms with Crippen molar-refractivity contribution < 1.29 is 13.9 Å². The number of hydrogen-bond donors (Lipinski definition) is 1. The average molecular weight is 191 g/mol. The van der Waals surface area contributed by atoms with Crippen LogP contribution in [0.5, 0.6) is 5.75 Å². The lowest BCUT2D eigenvalue weighted by molar-refractivity contribution is 0.0726. The number of esters is 1. The van der Waals surface area contributed by atoms with Gasteiger partial charge in [-0.25, -0.2) is 4.79 Å². The number of aromatic nitrogens is 1. The lowest BCUT2D eigenvalue weighted by Crippen LogP contribution is -2.08. The van der Waals surface area contributed by atoms with Crippen LogP contribution >= 0.6 is 0 Å². The molecular weight excluding hydrogens is 182 g/mol. The summed E-state index contributed by atoms with van der Waals surface area (Å²) in [6.07, 6.45) is 3.14. The first kappa shape index (κ1) is 8.62. The summed E-state index contributed by atoms with van der Waals surface area (Å²) in [6.45, 7) is 1.73. The number of nitrogens with one attached hydrogen (secondary N) is 1. The van der Waals surface area contributed by atoms with E-state index in [1.165, 1.54) is 6.26 Å². The van der Waals surface area contributed by atoms with Gasteiger partial charge in [-0.2, -0.15) is 0 Å². The Labute approximate surface area is 80.5 Å². The summed E-state index contributed by atoms with van der Waals surface area (Å²) in [6, 6.07) is 4.99. The van der Waals surface area contributed by atoms with Gasteiger partial charge in [0.15, 0.2) is 5.75 Å². The van der Waals surface area contributed by atoms with Crippen LogP contribution in [0, 0.1) is 6.92 Å². The summed E-state index contributed by atoms with van der Waals surface area (Å²) in [7, 11) is 0. The van der Waals surface area contributed by atoms with Crippen LogP contribution in [0.2, 0.25) is 0 Å². The van der Waals surface area contributed by atoms with Gasteiger partial charge in [-0.15, -0.1) is 0 Å². The number of furan rings is 1. The maximum absolute atomic E-state index is 11.4. The second-order valence-electron chi connectivity index (χ2n) is 2.81. The SMILES string of the molecule is Cc1occc1OC(=O)c1ccc[nH]1. The van der Waals surface area contributed by atoms with Gasteiger partial charge in [0, 0.05) is 12.3 Å². The third-order valence-corrected chi connectivity index (χ3v) is 1.83. The first-order valence-corrected chi connectivity index (χ1v) is 4.17. The normalized spacial score (nSPS) is 10.1. The molecule has 4 heteroatoms. The number of ether oxygens (including phenoxy) is 1. The highest BCUT2D eigenvalue weighted by atomic mass is 16.5. The first-order chi connectivity index (χ1) is 6.77. The van der Waals surface area contributed by atoms with Gasteiger partial charge in [0.25, 0.3) is 0 Å². The number of aromatic amines is 1. The summed E-state index contributed by atoms with van der Waals surface area (Å²) < 4.78 is 10.1. The molecule has 2 aromatic heterocycles. The smallest absolute Gasteiger partial charge is 0.360 e. The molecule has 0 atom stereocenters. The molecule has 0 saturated heterocycles. The van der Waals surface area contributed by atoms with Gasteiger partial charge >= 0.3 is 5.97 Å². The predicted molar refractivity (Wildman–Crippen MR) is 49.2 cm³/mol. The minimum absolute atomic E-state index is 0.417. The van der Waals surface area contributed by atoms with Crippen molar-refractivity contribution in [1.82, 2.24) is 4.98 Å². The Morgan fingerprint density at radius 1 is 1.50 bits per heavy atom. The highest BCUT2D eigenvalue weighted by Gasteiger charge is 2.11. The molecule has 72 valence electrons. The predicted octanol–water partition coefficient (Wildman–Crippen LogP) is 2.14. The topological polar surface area (TPSA) is 55.2 Å². The Kier molecular flexibility index (Phi) is 2.10. The molecule has 14 heavy (non-hydrogen) atoms. The van der Waals surface area contributed by atoms with Crippen LogP contribution in [0.15, 0.2) is 35.1 Å². The van der Waals surface area contributed by atoms with Gasteiger partial charge in [0.1, 0.15) is 11.5 Å². The second-order valence-corrected chi connectivity index (χ2v) is 2.81. The molecule has 0 saturated carbocycles. The molecule has 0 unspecified atom stereocenters. The molecule has 0 bridgehead atoms. The van der Waals surface area contributed by atoms with E-state index in [4.69, 9.17) is 9.15 Å². The van der Waals surface area contributed by atoms with Gasteiger partial charge in [0.2, 0.25) is 0 Å². The maximum atomic E-state index is 11.4. The molecule has 2 heterocycles. The quantitative estimate of drug-likeness (QED) is 0.740. The van der Waals surface area contributed by atoms with Gasteiger partial charge in [-0.1, -0.05) is 0 Å². The van der Waals surface area contributed by atoms with E-state index in [-0.39, 0.29) is 0 Å². The highest BCUT2D eigenvalue weighted by molar-refractivity contribution is 5.89. The monoisotopic (exact) mass is 191 g/mol. The van der Waals surface area contributed by atoms with Crippen molar-refractivity contribution in [2.45, 2.75) is 6.92 Å². The summed E-state index contributed by atoms with van der Waals surface area (Å²) in [4.78, 5) is 14.2. The van der Waals surface area contributed by atoms with Crippen LogP contribution in [0.3, 0.4) is 0 Å². The van der Waals surface area contributed by atoms with Crippen molar-refractivity contribution in [3.05, 3.63) is 42.1 Å². The molecule has 0 aromatic carbocycles. The van der Waals surface area contributed by atoms with Crippen LogP contribution in [0.1, 0.15) is 16.2 Å². The number of aryl methyl sites for hydroxylation is 1. The molecule has 0 radical (unpaired) electrons. The number of carbonyl (C=O) groups excluding carboxylic acids is 1. The molecule has 2 rings (SSSR count). The first-order valence-electron chi connectivity index (χ1n) is 4.17. The molecule has 4 nitrogen and oxygen atoms in total. The van der Waals surface area contributed by atoms with Crippen LogP contribution in [0.25, 0.3) is 0 Å². The number of hydrogen-bond acceptors (Lipinski definition) is 3. The summed E-state index contributed by atoms with van der Waals surface area (Å²) >= 11 is 0. The zero-order chi connectivity index (χ0) is 9.97. The Morgan fingerprint density at radius 2 is 2.36 bits per heavy atom. The minimum Gasteiger partial charge on any atom is -0.466 e. The van der Waals surface area contributed by atoms with Gasteiger partial charge < -0.3 is 14.1 Å². The maximum Gasteiger partial charge on any atom is 0.360 e. The second kappa shape index (κ2) is 3.41. The van der Waals surface area contributed by atoms with E-state index in [0.29, 0.717) is 17.2 Å². The third kappa shape index (κ3) is 1.54. The third-order valence-electron chi connectivity index (χ3n) is 1.83. The van der Waals surface area contributed by atoms with Crippen LogP contribution < -0.4 is 4.74 Å². The van der Waals surface area contributed by atoms with E-state index in [2.05, 4.69) is 4.98 Å². The van der Waals surface area contributed by atoms with Crippen molar-refractivity contribution >= 4 is 5.97 Å². The zero-order valence-electron chi connectivity index (χ0n) is 7.61.